The van der Waals surface area contributed by atoms with Crippen LogP contribution in [0.1, 0.15) is 6.92 Å². The predicted molar refractivity (Wildman–Crippen MR) is 73.8 cm³/mol. The molecular weight excluding hydrogens is 262 g/mol. The van der Waals surface area contributed by atoms with Crippen molar-refractivity contribution in [3.05, 3.63) is 60.4 Å². The number of ether oxygens (including phenoxy) is 2. The molecule has 0 amide bonds. The average Bonchev–Trinajstić information content (AvgIpc) is 2.49. The number of benzene rings is 2. The summed E-state index contributed by atoms with van der Waals surface area (Å²) in [4.78, 5) is 0. The van der Waals surface area contributed by atoms with Crippen LogP contribution in [0, 0.1) is 11.6 Å². The number of methoxy groups -OCH3 is 1. The Balaban J connectivity index is 2.39. The Morgan fingerprint density at radius 1 is 0.950 bits per heavy atom. The molecule has 0 N–H and O–H groups in total. The van der Waals surface area contributed by atoms with E-state index in [9.17, 15) is 8.78 Å². The standard InChI is InChI=1S/C16H14F2O2/c1-3-10-20-14-9-8-13(15(17)16(14)18)11-4-6-12(19-2)7-5-11/h3-10H,1-2H3. The van der Waals surface area contributed by atoms with E-state index in [0.29, 0.717) is 11.3 Å². The SMILES string of the molecule is CC=COc1ccc(-c2ccc(OC)cc2)c(F)c1F. The second-order valence-electron chi connectivity index (χ2n) is 4.05. The molecule has 0 aliphatic heterocycles. The highest BCUT2D eigenvalue weighted by atomic mass is 19.2. The molecule has 20 heavy (non-hydrogen) atoms. The summed E-state index contributed by atoms with van der Waals surface area (Å²) >= 11 is 0. The Morgan fingerprint density at radius 3 is 2.25 bits per heavy atom. The number of hydrogen-bond donors (Lipinski definition) is 0. The van der Waals surface area contributed by atoms with Crippen LogP contribution in [0.4, 0.5) is 8.78 Å². The van der Waals surface area contributed by atoms with Crippen molar-refractivity contribution < 1.29 is 18.3 Å². The number of allylic oxidation sites excluding steroid dienone is 1. The molecule has 0 atom stereocenters. The van der Waals surface area contributed by atoms with E-state index in [1.54, 1.807) is 44.4 Å². The Labute approximate surface area is 116 Å². The van der Waals surface area contributed by atoms with Crippen LogP contribution in [0.5, 0.6) is 11.5 Å². The first-order chi connectivity index (χ1) is 9.67. The maximum atomic E-state index is 14.0. The third-order valence-electron chi connectivity index (χ3n) is 2.78. The average molecular weight is 276 g/mol. The van der Waals surface area contributed by atoms with E-state index in [4.69, 9.17) is 9.47 Å². The molecule has 104 valence electrons. The summed E-state index contributed by atoms with van der Waals surface area (Å²) in [5, 5.41) is 0. The predicted octanol–water partition coefficient (Wildman–Crippen LogP) is 4.55. The highest BCUT2D eigenvalue weighted by Crippen LogP contribution is 2.30. The van der Waals surface area contributed by atoms with Gasteiger partial charge >= 0.3 is 0 Å². The van der Waals surface area contributed by atoms with Crippen LogP contribution in [-0.4, -0.2) is 7.11 Å². The Morgan fingerprint density at radius 2 is 1.65 bits per heavy atom. The van der Waals surface area contributed by atoms with Crippen molar-refractivity contribution in [1.29, 1.82) is 0 Å². The van der Waals surface area contributed by atoms with Gasteiger partial charge in [-0.3, -0.25) is 0 Å². The zero-order valence-corrected chi connectivity index (χ0v) is 11.2. The molecule has 0 fully saturated rings. The molecule has 0 saturated carbocycles. The maximum absolute atomic E-state index is 14.0. The molecule has 0 unspecified atom stereocenters. The summed E-state index contributed by atoms with van der Waals surface area (Å²) in [5.74, 6) is -1.42. The highest BCUT2D eigenvalue weighted by Gasteiger charge is 2.15. The molecule has 0 radical (unpaired) electrons. The minimum atomic E-state index is -1.00. The lowest BCUT2D eigenvalue weighted by Gasteiger charge is -2.08. The first kappa shape index (κ1) is 14.1. The van der Waals surface area contributed by atoms with Gasteiger partial charge < -0.3 is 9.47 Å². The second-order valence-corrected chi connectivity index (χ2v) is 4.05. The monoisotopic (exact) mass is 276 g/mol. The lowest BCUT2D eigenvalue weighted by molar-refractivity contribution is 0.414. The lowest BCUT2D eigenvalue weighted by Crippen LogP contribution is -1.94. The van der Waals surface area contributed by atoms with Crippen LogP contribution in [0.15, 0.2) is 48.7 Å². The van der Waals surface area contributed by atoms with E-state index in [0.717, 1.165) is 0 Å². The largest absolute Gasteiger partial charge is 0.497 e. The smallest absolute Gasteiger partial charge is 0.201 e. The summed E-state index contributed by atoms with van der Waals surface area (Å²) in [6.07, 6.45) is 2.89. The van der Waals surface area contributed by atoms with E-state index in [2.05, 4.69) is 0 Å². The molecule has 0 aliphatic rings. The minimum absolute atomic E-state index is 0.141. The molecule has 2 aromatic rings. The van der Waals surface area contributed by atoms with E-state index in [1.807, 2.05) is 0 Å². The zero-order chi connectivity index (χ0) is 14.5. The number of halogens is 2. The Bertz CT molecular complexity index is 619. The van der Waals surface area contributed by atoms with Crippen molar-refractivity contribution in [2.75, 3.05) is 7.11 Å². The van der Waals surface area contributed by atoms with Crippen LogP contribution in [-0.2, 0) is 0 Å². The lowest BCUT2D eigenvalue weighted by atomic mass is 10.0. The van der Waals surface area contributed by atoms with E-state index >= 15 is 0 Å². The van der Waals surface area contributed by atoms with E-state index in [-0.39, 0.29) is 11.3 Å². The third kappa shape index (κ3) is 2.79. The molecule has 4 heteroatoms. The van der Waals surface area contributed by atoms with Gasteiger partial charge in [-0.1, -0.05) is 18.2 Å². The molecule has 0 aromatic heterocycles. The fourth-order valence-electron chi connectivity index (χ4n) is 1.76. The van der Waals surface area contributed by atoms with Gasteiger partial charge in [-0.2, -0.15) is 4.39 Å². The van der Waals surface area contributed by atoms with Gasteiger partial charge in [0.15, 0.2) is 11.6 Å². The molecular formula is C16H14F2O2. The van der Waals surface area contributed by atoms with Crippen LogP contribution in [0.25, 0.3) is 11.1 Å². The van der Waals surface area contributed by atoms with Crippen LogP contribution in [0.2, 0.25) is 0 Å². The van der Waals surface area contributed by atoms with Gasteiger partial charge in [0.1, 0.15) is 5.75 Å². The van der Waals surface area contributed by atoms with Crippen molar-refractivity contribution in [3.63, 3.8) is 0 Å². The summed E-state index contributed by atoms with van der Waals surface area (Å²) in [7, 11) is 1.54. The summed E-state index contributed by atoms with van der Waals surface area (Å²) in [6.45, 7) is 1.72. The molecule has 2 nitrogen and oxygen atoms in total. The molecule has 0 spiro atoms. The van der Waals surface area contributed by atoms with Gasteiger partial charge in [-0.05, 0) is 36.8 Å². The zero-order valence-electron chi connectivity index (χ0n) is 11.2. The van der Waals surface area contributed by atoms with Gasteiger partial charge in [0.05, 0.1) is 13.4 Å². The first-order valence-corrected chi connectivity index (χ1v) is 6.07. The molecule has 0 aliphatic carbocycles. The van der Waals surface area contributed by atoms with Crippen molar-refractivity contribution >= 4 is 0 Å². The van der Waals surface area contributed by atoms with Crippen molar-refractivity contribution in [3.8, 4) is 22.6 Å². The highest BCUT2D eigenvalue weighted by molar-refractivity contribution is 5.66. The first-order valence-electron chi connectivity index (χ1n) is 6.07. The second kappa shape index (κ2) is 6.19. The minimum Gasteiger partial charge on any atom is -0.497 e. The fourth-order valence-corrected chi connectivity index (χ4v) is 1.76. The van der Waals surface area contributed by atoms with Gasteiger partial charge in [-0.15, -0.1) is 0 Å². The summed E-state index contributed by atoms with van der Waals surface area (Å²) in [5.41, 5.74) is 0.748. The van der Waals surface area contributed by atoms with Crippen molar-refractivity contribution in [2.45, 2.75) is 6.92 Å². The molecule has 2 rings (SSSR count). The summed E-state index contributed by atoms with van der Waals surface area (Å²) < 4.78 is 37.9. The quantitative estimate of drug-likeness (QED) is 0.762. The van der Waals surface area contributed by atoms with Gasteiger partial charge in [0.25, 0.3) is 0 Å². The maximum Gasteiger partial charge on any atom is 0.201 e. The molecule has 0 saturated heterocycles. The van der Waals surface area contributed by atoms with E-state index < -0.39 is 11.6 Å². The van der Waals surface area contributed by atoms with Gasteiger partial charge in [-0.25, -0.2) is 4.39 Å². The van der Waals surface area contributed by atoms with Crippen molar-refractivity contribution in [1.82, 2.24) is 0 Å². The molecule has 2 aromatic carbocycles. The van der Waals surface area contributed by atoms with Crippen LogP contribution >= 0.6 is 0 Å². The Hall–Kier alpha value is -2.36. The fraction of sp³-hybridized carbons (Fsp3) is 0.125. The normalized spacial score (nSPS) is 10.8. The number of hydrogen-bond acceptors (Lipinski definition) is 2. The van der Waals surface area contributed by atoms with Crippen molar-refractivity contribution in [2.24, 2.45) is 0 Å². The number of rotatable bonds is 4. The molecule has 0 heterocycles. The topological polar surface area (TPSA) is 18.5 Å². The van der Waals surface area contributed by atoms with Gasteiger partial charge in [0, 0.05) is 5.56 Å². The molecule has 0 bridgehead atoms. The van der Waals surface area contributed by atoms with E-state index in [1.165, 1.54) is 18.4 Å². The van der Waals surface area contributed by atoms with Gasteiger partial charge in [0.2, 0.25) is 5.82 Å². The van der Waals surface area contributed by atoms with Crippen LogP contribution in [0.3, 0.4) is 0 Å². The summed E-state index contributed by atoms with van der Waals surface area (Å²) in [6, 6.07) is 9.61. The van der Waals surface area contributed by atoms with Crippen LogP contribution < -0.4 is 9.47 Å². The Kier molecular flexibility index (Phi) is 4.35. The third-order valence-corrected chi connectivity index (χ3v) is 2.78.